The maximum Gasteiger partial charge on any atom is 0.255 e. The van der Waals surface area contributed by atoms with Crippen molar-refractivity contribution in [3.8, 4) is 17.0 Å². The van der Waals surface area contributed by atoms with Gasteiger partial charge >= 0.3 is 0 Å². The van der Waals surface area contributed by atoms with Crippen molar-refractivity contribution >= 4 is 22.8 Å². The molecule has 2 aliphatic carbocycles. The molecule has 37 heavy (non-hydrogen) atoms. The Morgan fingerprint density at radius 1 is 1.11 bits per heavy atom. The maximum absolute atomic E-state index is 13.5. The van der Waals surface area contributed by atoms with E-state index in [0.29, 0.717) is 30.0 Å². The van der Waals surface area contributed by atoms with E-state index in [-0.39, 0.29) is 29.8 Å². The summed E-state index contributed by atoms with van der Waals surface area (Å²) in [4.78, 5) is 37.9. The van der Waals surface area contributed by atoms with E-state index in [9.17, 15) is 9.59 Å². The van der Waals surface area contributed by atoms with Crippen LogP contribution in [0.1, 0.15) is 74.0 Å². The van der Waals surface area contributed by atoms with Gasteiger partial charge in [0.25, 0.3) is 5.91 Å². The number of hydrogen-bond donors (Lipinski definition) is 3. The molecule has 2 aliphatic rings. The van der Waals surface area contributed by atoms with Gasteiger partial charge in [0.2, 0.25) is 5.91 Å². The molecule has 5 rings (SSSR count). The van der Waals surface area contributed by atoms with Crippen LogP contribution in [0.5, 0.6) is 5.75 Å². The number of H-pyrrole nitrogens is 1. The third-order valence-electron chi connectivity index (χ3n) is 7.73. The number of ether oxygens (including phenoxy) is 1. The molecular formula is C29H37N5O3. The molecule has 0 spiro atoms. The monoisotopic (exact) mass is 503 g/mol. The molecule has 2 amide bonds. The number of carbonyl (C=O) groups is 2. The first-order chi connectivity index (χ1) is 17.8. The average molecular weight is 504 g/mol. The van der Waals surface area contributed by atoms with Crippen molar-refractivity contribution in [3.05, 3.63) is 41.3 Å². The minimum Gasteiger partial charge on any atom is -0.493 e. The highest BCUT2D eigenvalue weighted by Gasteiger charge is 2.31. The number of carbonyl (C=O) groups excluding carboxylic acids is 2. The normalized spacial score (nSPS) is 21.6. The molecule has 2 aromatic heterocycles. The summed E-state index contributed by atoms with van der Waals surface area (Å²) in [6.45, 7) is 8.67. The number of nitrogens with one attached hydrogen (secondary N) is 3. The van der Waals surface area contributed by atoms with Crippen molar-refractivity contribution < 1.29 is 14.3 Å². The van der Waals surface area contributed by atoms with Gasteiger partial charge in [-0.25, -0.2) is 9.97 Å². The number of rotatable bonds is 8. The van der Waals surface area contributed by atoms with E-state index in [1.165, 1.54) is 19.2 Å². The van der Waals surface area contributed by atoms with Crippen molar-refractivity contribution in [3.63, 3.8) is 0 Å². The lowest BCUT2D eigenvalue weighted by molar-refractivity contribution is -0.121. The van der Waals surface area contributed by atoms with E-state index in [1.54, 1.807) is 0 Å². The number of benzene rings is 1. The second-order valence-electron chi connectivity index (χ2n) is 10.8. The summed E-state index contributed by atoms with van der Waals surface area (Å²) in [7, 11) is 0. The highest BCUT2D eigenvalue weighted by Crippen LogP contribution is 2.37. The molecule has 3 N–H and O–H groups in total. The standard InChI is InChI=1S/C29H37N5O3/c1-5-24(35)33-20-9-10-22(17(3)13-20)34-29(36)25-18(4)32-28-26(30-15-31-27(25)28)21-12-16(2)6-11-23(21)37-14-19-7-8-19/h6,11-12,15,17,19-20,22,32H,5,7-10,13-14H2,1-4H3,(H,33,35)(H,34,36)/t17-,20+,22+/m1/s1. The Hall–Kier alpha value is -3.42. The fourth-order valence-corrected chi connectivity index (χ4v) is 5.36. The molecule has 0 radical (unpaired) electrons. The summed E-state index contributed by atoms with van der Waals surface area (Å²) in [5, 5.41) is 6.35. The molecule has 0 bridgehead atoms. The number of fused-ring (bicyclic) bond motifs is 1. The highest BCUT2D eigenvalue weighted by atomic mass is 16.5. The first-order valence-electron chi connectivity index (χ1n) is 13.5. The Morgan fingerprint density at radius 2 is 1.92 bits per heavy atom. The summed E-state index contributed by atoms with van der Waals surface area (Å²) in [6.07, 6.45) is 7.00. The topological polar surface area (TPSA) is 109 Å². The van der Waals surface area contributed by atoms with Crippen LogP contribution in [-0.4, -0.2) is 45.5 Å². The molecule has 1 aromatic carbocycles. The average Bonchev–Trinajstić information content (AvgIpc) is 3.64. The van der Waals surface area contributed by atoms with Crippen molar-refractivity contribution in [1.82, 2.24) is 25.6 Å². The van der Waals surface area contributed by atoms with E-state index in [0.717, 1.165) is 53.0 Å². The lowest BCUT2D eigenvalue weighted by Crippen LogP contribution is -2.48. The molecule has 0 unspecified atom stereocenters. The van der Waals surface area contributed by atoms with Crippen LogP contribution in [0.3, 0.4) is 0 Å². The summed E-state index contributed by atoms with van der Waals surface area (Å²) in [5.74, 6) is 1.66. The molecule has 3 atom stereocenters. The van der Waals surface area contributed by atoms with Gasteiger partial charge < -0.3 is 20.4 Å². The molecule has 8 nitrogen and oxygen atoms in total. The lowest BCUT2D eigenvalue weighted by atomic mass is 9.82. The molecule has 3 aromatic rings. The minimum atomic E-state index is -0.129. The second-order valence-corrected chi connectivity index (χ2v) is 10.8. The zero-order valence-corrected chi connectivity index (χ0v) is 22.2. The molecule has 196 valence electrons. The molecule has 2 fully saturated rings. The van der Waals surface area contributed by atoms with Crippen LogP contribution in [0, 0.1) is 25.7 Å². The van der Waals surface area contributed by atoms with Crippen molar-refractivity contribution in [1.29, 1.82) is 0 Å². The van der Waals surface area contributed by atoms with Crippen LogP contribution in [0.4, 0.5) is 0 Å². The Labute approximate surface area is 218 Å². The van der Waals surface area contributed by atoms with Gasteiger partial charge in [-0.3, -0.25) is 9.59 Å². The second kappa shape index (κ2) is 10.5. The quantitative estimate of drug-likeness (QED) is 0.407. The van der Waals surface area contributed by atoms with Gasteiger partial charge in [0.15, 0.2) is 0 Å². The van der Waals surface area contributed by atoms with Gasteiger partial charge in [0.05, 0.1) is 17.7 Å². The van der Waals surface area contributed by atoms with E-state index in [2.05, 4.69) is 45.5 Å². The molecule has 0 saturated heterocycles. The third kappa shape index (κ3) is 5.48. The Balaban J connectivity index is 1.39. The van der Waals surface area contributed by atoms with Gasteiger partial charge in [0.1, 0.15) is 23.3 Å². The van der Waals surface area contributed by atoms with Crippen molar-refractivity contribution in [2.24, 2.45) is 11.8 Å². The fraction of sp³-hybridized carbons (Fsp3) is 0.517. The summed E-state index contributed by atoms with van der Waals surface area (Å²) in [6, 6.07) is 6.35. The predicted molar refractivity (Wildman–Crippen MR) is 144 cm³/mol. The van der Waals surface area contributed by atoms with Gasteiger partial charge in [-0.1, -0.05) is 25.5 Å². The first kappa shape index (κ1) is 25.2. The number of hydrogen-bond acceptors (Lipinski definition) is 5. The van der Waals surface area contributed by atoms with Gasteiger partial charge in [-0.2, -0.15) is 0 Å². The minimum absolute atomic E-state index is 0.0483. The molecule has 8 heteroatoms. The van der Waals surface area contributed by atoms with Crippen LogP contribution < -0.4 is 15.4 Å². The van der Waals surface area contributed by atoms with E-state index in [1.807, 2.05) is 26.0 Å². The van der Waals surface area contributed by atoms with E-state index >= 15 is 0 Å². The zero-order valence-electron chi connectivity index (χ0n) is 22.2. The van der Waals surface area contributed by atoms with Crippen molar-refractivity contribution in [2.75, 3.05) is 6.61 Å². The smallest absolute Gasteiger partial charge is 0.255 e. The maximum atomic E-state index is 13.5. The zero-order chi connectivity index (χ0) is 26.1. The van der Waals surface area contributed by atoms with E-state index < -0.39 is 0 Å². The van der Waals surface area contributed by atoms with Crippen LogP contribution in [0.25, 0.3) is 22.3 Å². The molecule has 2 heterocycles. The lowest BCUT2D eigenvalue weighted by Gasteiger charge is -2.35. The number of aryl methyl sites for hydroxylation is 2. The number of nitrogens with zero attached hydrogens (tertiary/aromatic N) is 2. The van der Waals surface area contributed by atoms with Gasteiger partial charge in [-0.15, -0.1) is 0 Å². The van der Waals surface area contributed by atoms with Crippen LogP contribution in [0.15, 0.2) is 24.5 Å². The molecule has 2 saturated carbocycles. The van der Waals surface area contributed by atoms with Crippen LogP contribution in [-0.2, 0) is 4.79 Å². The Kier molecular flexibility index (Phi) is 7.17. The van der Waals surface area contributed by atoms with Gasteiger partial charge in [0, 0.05) is 29.8 Å². The highest BCUT2D eigenvalue weighted by molar-refractivity contribution is 6.09. The van der Waals surface area contributed by atoms with Gasteiger partial charge in [-0.05, 0) is 69.9 Å². The predicted octanol–water partition coefficient (Wildman–Crippen LogP) is 4.84. The number of aromatic amines is 1. The molecule has 0 aliphatic heterocycles. The van der Waals surface area contributed by atoms with Crippen molar-refractivity contribution in [2.45, 2.75) is 78.3 Å². The number of aromatic nitrogens is 3. The summed E-state index contributed by atoms with van der Waals surface area (Å²) >= 11 is 0. The summed E-state index contributed by atoms with van der Waals surface area (Å²) < 4.78 is 6.18. The van der Waals surface area contributed by atoms with Crippen LogP contribution in [0.2, 0.25) is 0 Å². The Morgan fingerprint density at radius 3 is 2.65 bits per heavy atom. The molecular weight excluding hydrogens is 466 g/mol. The summed E-state index contributed by atoms with van der Waals surface area (Å²) in [5.41, 5.74) is 5.43. The number of amides is 2. The van der Waals surface area contributed by atoms with E-state index in [4.69, 9.17) is 4.74 Å². The largest absolute Gasteiger partial charge is 0.493 e. The third-order valence-corrected chi connectivity index (χ3v) is 7.73. The fourth-order valence-electron chi connectivity index (χ4n) is 5.36. The Bertz CT molecular complexity index is 1310. The SMILES string of the molecule is CCC(=O)N[C@H]1CC[C@H](NC(=O)c2c(C)[nH]c3c(-c4cc(C)ccc4OCC4CC4)ncnc23)[C@H](C)C1. The van der Waals surface area contributed by atoms with Crippen LogP contribution >= 0.6 is 0 Å². The first-order valence-corrected chi connectivity index (χ1v) is 13.5.